The number of carbonyl (C=O) groups excluding carboxylic acids is 2. The van der Waals surface area contributed by atoms with Crippen molar-refractivity contribution in [2.45, 2.75) is 6.10 Å². The molecule has 0 aromatic carbocycles. The number of aliphatic hydroxyl groups excluding tert-OH is 2. The van der Waals surface area contributed by atoms with E-state index in [0.29, 0.717) is 0 Å². The molecule has 17 heavy (non-hydrogen) atoms. The molecule has 1 atom stereocenters. The predicted molar refractivity (Wildman–Crippen MR) is 57.7 cm³/mol. The molecule has 1 aliphatic heterocycles. The van der Waals surface area contributed by atoms with Gasteiger partial charge in [-0.1, -0.05) is 0 Å². The maximum atomic E-state index is 10.9. The number of nitrogens with zero attached hydrogens (tertiary/aromatic N) is 1. The minimum atomic E-state index is -1.06. The molecule has 1 unspecified atom stereocenters. The predicted octanol–water partition coefficient (Wildman–Crippen LogP) is -0.456. The summed E-state index contributed by atoms with van der Waals surface area (Å²) in [5, 5.41) is 17.4. The van der Waals surface area contributed by atoms with E-state index in [-0.39, 0.29) is 6.54 Å². The van der Waals surface area contributed by atoms with Gasteiger partial charge in [-0.15, -0.1) is 0 Å². The first-order valence-corrected chi connectivity index (χ1v) is 4.94. The molecule has 0 bridgehead atoms. The molecule has 2 N–H and O–H groups in total. The Morgan fingerprint density at radius 1 is 1.18 bits per heavy atom. The van der Waals surface area contributed by atoms with Gasteiger partial charge in [0.25, 0.3) is 11.8 Å². The van der Waals surface area contributed by atoms with Crippen molar-refractivity contribution in [3.63, 3.8) is 0 Å². The molecule has 1 aromatic rings. The van der Waals surface area contributed by atoms with Gasteiger partial charge in [-0.05, 0) is 12.1 Å². The van der Waals surface area contributed by atoms with E-state index in [1.807, 2.05) is 12.1 Å². The van der Waals surface area contributed by atoms with Gasteiger partial charge in [-0.2, -0.15) is 0 Å². The number of amides is 2. The van der Waals surface area contributed by atoms with Gasteiger partial charge in [0.2, 0.25) is 0 Å². The maximum absolute atomic E-state index is 10.9. The first-order valence-electron chi connectivity index (χ1n) is 4.94. The van der Waals surface area contributed by atoms with Crippen LogP contribution in [0.25, 0.3) is 0 Å². The van der Waals surface area contributed by atoms with E-state index in [9.17, 15) is 9.59 Å². The normalized spacial score (nSPS) is 15.8. The molecule has 2 heterocycles. The lowest BCUT2D eigenvalue weighted by molar-refractivity contribution is -0.138. The number of aliphatic hydroxyl groups is 2. The third kappa shape index (κ3) is 4.21. The van der Waals surface area contributed by atoms with Gasteiger partial charge in [0.15, 0.2) is 0 Å². The second kappa shape index (κ2) is 6.62. The molecule has 6 heteroatoms. The van der Waals surface area contributed by atoms with Crippen molar-refractivity contribution in [1.82, 2.24) is 4.90 Å². The summed E-state index contributed by atoms with van der Waals surface area (Å²) in [6.45, 7) is -0.613. The van der Waals surface area contributed by atoms with E-state index in [2.05, 4.69) is 4.42 Å². The van der Waals surface area contributed by atoms with E-state index in [4.69, 9.17) is 10.2 Å². The summed E-state index contributed by atoms with van der Waals surface area (Å²) in [7, 11) is 0. The number of hydrogen-bond acceptors (Lipinski definition) is 5. The highest BCUT2D eigenvalue weighted by molar-refractivity contribution is 6.12. The zero-order valence-corrected chi connectivity index (χ0v) is 9.02. The Balaban J connectivity index is 0.000000239. The largest absolute Gasteiger partial charge is 0.473 e. The van der Waals surface area contributed by atoms with Crippen LogP contribution in [0.2, 0.25) is 0 Å². The number of rotatable bonds is 3. The molecule has 1 aliphatic rings. The van der Waals surface area contributed by atoms with Crippen molar-refractivity contribution in [3.05, 3.63) is 36.8 Å². The van der Waals surface area contributed by atoms with Crippen molar-refractivity contribution < 1.29 is 24.2 Å². The third-order valence-corrected chi connectivity index (χ3v) is 1.93. The van der Waals surface area contributed by atoms with Crippen molar-refractivity contribution in [3.8, 4) is 0 Å². The van der Waals surface area contributed by atoms with Crippen LogP contribution in [0, 0.1) is 0 Å². The minimum absolute atomic E-state index is 0.152. The maximum Gasteiger partial charge on any atom is 0.253 e. The van der Waals surface area contributed by atoms with Crippen LogP contribution in [-0.4, -0.2) is 46.2 Å². The van der Waals surface area contributed by atoms with E-state index < -0.39 is 24.5 Å². The monoisotopic (exact) mass is 239 g/mol. The molecule has 0 radical (unpaired) electrons. The number of β-amino-alcohol motifs (C(OH)–C–C–N with tert-alkyl or cyclic N) is 1. The molecular formula is C11H13NO5. The van der Waals surface area contributed by atoms with Crippen LogP contribution in [0.15, 0.2) is 41.2 Å². The van der Waals surface area contributed by atoms with E-state index in [1.54, 1.807) is 12.5 Å². The van der Waals surface area contributed by atoms with E-state index in [0.717, 1.165) is 17.1 Å². The lowest BCUT2D eigenvalue weighted by Crippen LogP contribution is -2.38. The number of imide groups is 1. The van der Waals surface area contributed by atoms with Crippen molar-refractivity contribution in [2.24, 2.45) is 0 Å². The smallest absolute Gasteiger partial charge is 0.253 e. The Kier molecular flexibility index (Phi) is 5.12. The summed E-state index contributed by atoms with van der Waals surface area (Å²) < 4.78 is 4.58. The highest BCUT2D eigenvalue weighted by Crippen LogP contribution is 2.03. The van der Waals surface area contributed by atoms with Crippen LogP contribution < -0.4 is 0 Å². The van der Waals surface area contributed by atoms with Gasteiger partial charge >= 0.3 is 0 Å². The fourth-order valence-corrected chi connectivity index (χ4v) is 1.11. The number of furan rings is 1. The average Bonchev–Trinajstić information content (AvgIpc) is 2.98. The molecule has 0 spiro atoms. The van der Waals surface area contributed by atoms with Gasteiger partial charge in [0.05, 0.1) is 31.8 Å². The Labute approximate surface area is 97.8 Å². The zero-order chi connectivity index (χ0) is 12.7. The lowest BCUT2D eigenvalue weighted by Gasteiger charge is -2.16. The van der Waals surface area contributed by atoms with Crippen LogP contribution in [-0.2, 0) is 9.59 Å². The topological polar surface area (TPSA) is 91.0 Å². The zero-order valence-electron chi connectivity index (χ0n) is 9.02. The van der Waals surface area contributed by atoms with Crippen molar-refractivity contribution >= 4 is 11.8 Å². The molecule has 2 rings (SSSR count). The third-order valence-electron chi connectivity index (χ3n) is 1.93. The molecular weight excluding hydrogens is 226 g/mol. The Hall–Kier alpha value is -1.92. The van der Waals surface area contributed by atoms with Crippen LogP contribution in [0.4, 0.5) is 0 Å². The van der Waals surface area contributed by atoms with Crippen LogP contribution in [0.3, 0.4) is 0 Å². The second-order valence-electron chi connectivity index (χ2n) is 3.25. The average molecular weight is 239 g/mol. The Morgan fingerprint density at radius 2 is 1.71 bits per heavy atom. The van der Waals surface area contributed by atoms with Crippen molar-refractivity contribution in [2.75, 3.05) is 13.2 Å². The summed E-state index contributed by atoms with van der Waals surface area (Å²) in [4.78, 5) is 22.6. The SMILES string of the molecule is O=C1C=CC(=O)N1CC(O)CO.c1ccoc1. The summed E-state index contributed by atoms with van der Waals surface area (Å²) in [6.07, 6.45) is 4.46. The van der Waals surface area contributed by atoms with Crippen LogP contribution in [0.5, 0.6) is 0 Å². The fourth-order valence-electron chi connectivity index (χ4n) is 1.11. The molecule has 92 valence electrons. The summed E-state index contributed by atoms with van der Waals surface area (Å²) >= 11 is 0. The molecule has 6 nitrogen and oxygen atoms in total. The summed E-state index contributed by atoms with van der Waals surface area (Å²) in [5.41, 5.74) is 0. The number of carbonyl (C=O) groups is 2. The van der Waals surface area contributed by atoms with Gasteiger partial charge < -0.3 is 14.6 Å². The highest BCUT2D eigenvalue weighted by atomic mass is 16.3. The van der Waals surface area contributed by atoms with Gasteiger partial charge in [-0.3, -0.25) is 14.5 Å². The number of hydrogen-bond donors (Lipinski definition) is 2. The minimum Gasteiger partial charge on any atom is -0.473 e. The molecule has 0 aliphatic carbocycles. The highest BCUT2D eigenvalue weighted by Gasteiger charge is 2.24. The molecule has 1 aromatic heterocycles. The lowest BCUT2D eigenvalue weighted by atomic mass is 10.3. The van der Waals surface area contributed by atoms with Crippen LogP contribution in [0.1, 0.15) is 0 Å². The van der Waals surface area contributed by atoms with Gasteiger partial charge in [0, 0.05) is 12.2 Å². The first kappa shape index (κ1) is 13.1. The molecule has 2 amide bonds. The van der Waals surface area contributed by atoms with Crippen molar-refractivity contribution in [1.29, 1.82) is 0 Å². The van der Waals surface area contributed by atoms with E-state index in [1.165, 1.54) is 0 Å². The Bertz CT molecular complexity index is 349. The molecule has 0 fully saturated rings. The van der Waals surface area contributed by atoms with Crippen LogP contribution >= 0.6 is 0 Å². The molecule has 0 saturated heterocycles. The van der Waals surface area contributed by atoms with Gasteiger partial charge in [0.1, 0.15) is 0 Å². The van der Waals surface area contributed by atoms with E-state index >= 15 is 0 Å². The standard InChI is InChI=1S/C7H9NO4.C4H4O/c9-4-5(10)3-8-6(11)1-2-7(8)12;1-2-4-5-3-1/h1-2,5,9-10H,3-4H2;1-4H. The Morgan fingerprint density at radius 3 is 2.06 bits per heavy atom. The second-order valence-corrected chi connectivity index (χ2v) is 3.25. The fraction of sp³-hybridized carbons (Fsp3) is 0.273. The van der Waals surface area contributed by atoms with Gasteiger partial charge in [-0.25, -0.2) is 0 Å². The first-order chi connectivity index (χ1) is 8.15. The summed E-state index contributed by atoms with van der Waals surface area (Å²) in [5.74, 6) is -0.903. The summed E-state index contributed by atoms with van der Waals surface area (Å²) in [6, 6.07) is 3.67. The molecule has 0 saturated carbocycles. The quantitative estimate of drug-likeness (QED) is 0.697.